The average Bonchev–Trinajstić information content (AvgIpc) is 3.86. The maximum Gasteiger partial charge on any atom is 0.408 e. The molecule has 2 aliphatic heterocycles. The average molecular weight is 652 g/mol. The van der Waals surface area contributed by atoms with E-state index in [2.05, 4.69) is 50.9 Å². The number of nitrogens with zero attached hydrogens (tertiary/aromatic N) is 3. The summed E-state index contributed by atoms with van der Waals surface area (Å²) < 4.78 is 11.9. The summed E-state index contributed by atoms with van der Waals surface area (Å²) >= 11 is 1.65. The standard InChI is InChI=1S/C36H41N7O3S/c1-35(2,3)46-34(44)43-36(14-5-4-6-15-36)33-40-24-12-10-22(18-27(24)41-33)32-38-20-29(47-32)21-9-11-23-28(19-21)45-17-13-25-30(23)42-31(39-25)26-8-7-16-37-26/h9-12,18-20,26,37H,4-8,13-17H2,1-3H3,(H,39,42)(H,40,41)(H,43,44). The summed E-state index contributed by atoms with van der Waals surface area (Å²) in [6, 6.07) is 12.9. The Bertz CT molecular complexity index is 1940. The molecule has 0 radical (unpaired) electrons. The highest BCUT2D eigenvalue weighted by Gasteiger charge is 2.39. The molecule has 244 valence electrons. The van der Waals surface area contributed by atoms with Crippen LogP contribution in [0.5, 0.6) is 5.75 Å². The van der Waals surface area contributed by atoms with Gasteiger partial charge in [-0.1, -0.05) is 25.3 Å². The number of amides is 1. The highest BCUT2D eigenvalue weighted by atomic mass is 32.1. The summed E-state index contributed by atoms with van der Waals surface area (Å²) in [4.78, 5) is 35.9. The Morgan fingerprint density at radius 1 is 1.04 bits per heavy atom. The van der Waals surface area contributed by atoms with Gasteiger partial charge in [-0.15, -0.1) is 11.3 Å². The topological polar surface area (TPSA) is 130 Å². The van der Waals surface area contributed by atoms with Gasteiger partial charge in [-0.05, 0) is 88.9 Å². The lowest BCUT2D eigenvalue weighted by Gasteiger charge is -2.36. The van der Waals surface area contributed by atoms with E-state index in [0.717, 1.165) is 118 Å². The van der Waals surface area contributed by atoms with Crippen LogP contribution < -0.4 is 15.4 Å². The lowest BCUT2D eigenvalue weighted by atomic mass is 9.81. The van der Waals surface area contributed by atoms with Gasteiger partial charge < -0.3 is 30.1 Å². The van der Waals surface area contributed by atoms with E-state index < -0.39 is 17.2 Å². The van der Waals surface area contributed by atoms with Crippen molar-refractivity contribution in [3.8, 4) is 38.0 Å². The number of benzene rings is 2. The Labute approximate surface area is 278 Å². The van der Waals surface area contributed by atoms with Crippen LogP contribution in [-0.2, 0) is 16.7 Å². The van der Waals surface area contributed by atoms with Crippen molar-refractivity contribution in [1.82, 2.24) is 35.6 Å². The third kappa shape index (κ3) is 5.91. The van der Waals surface area contributed by atoms with Gasteiger partial charge in [-0.3, -0.25) is 0 Å². The van der Waals surface area contributed by atoms with Crippen molar-refractivity contribution in [2.24, 2.45) is 0 Å². The second kappa shape index (κ2) is 11.8. The normalized spacial score (nSPS) is 19.1. The van der Waals surface area contributed by atoms with Crippen molar-refractivity contribution in [2.75, 3.05) is 13.2 Å². The second-order valence-electron chi connectivity index (χ2n) is 14.0. The number of rotatable bonds is 5. The van der Waals surface area contributed by atoms with E-state index in [9.17, 15) is 4.79 Å². The van der Waals surface area contributed by atoms with Gasteiger partial charge in [0.05, 0.1) is 34.3 Å². The molecule has 2 fully saturated rings. The number of carbonyl (C=O) groups excluding carboxylic acids is 1. The number of imidazole rings is 2. The smallest absolute Gasteiger partial charge is 0.408 e. The lowest BCUT2D eigenvalue weighted by Crippen LogP contribution is -2.49. The van der Waals surface area contributed by atoms with E-state index in [1.54, 1.807) is 11.3 Å². The predicted octanol–water partition coefficient (Wildman–Crippen LogP) is 7.79. The molecule has 3 aliphatic rings. The van der Waals surface area contributed by atoms with Crippen molar-refractivity contribution in [3.05, 3.63) is 59.9 Å². The van der Waals surface area contributed by atoms with Crippen LogP contribution in [0.1, 0.15) is 89.1 Å². The fraction of sp³-hybridized carbons (Fsp3) is 0.444. The minimum atomic E-state index is -0.576. The molecule has 1 saturated heterocycles. The number of aromatic amines is 2. The Balaban J connectivity index is 1.05. The molecule has 10 nitrogen and oxygen atoms in total. The van der Waals surface area contributed by atoms with Crippen LogP contribution in [0.4, 0.5) is 4.79 Å². The molecule has 2 aromatic carbocycles. The Morgan fingerprint density at radius 2 is 1.89 bits per heavy atom. The Hall–Kier alpha value is -4.22. The van der Waals surface area contributed by atoms with Crippen LogP contribution in [0.25, 0.3) is 43.3 Å². The van der Waals surface area contributed by atoms with Crippen LogP contribution in [0.15, 0.2) is 42.6 Å². The molecule has 1 atom stereocenters. The van der Waals surface area contributed by atoms with Crippen molar-refractivity contribution in [3.63, 3.8) is 0 Å². The van der Waals surface area contributed by atoms with Gasteiger partial charge >= 0.3 is 6.09 Å². The molecule has 5 aromatic rings. The van der Waals surface area contributed by atoms with Crippen molar-refractivity contribution in [1.29, 1.82) is 0 Å². The number of aromatic nitrogens is 5. The van der Waals surface area contributed by atoms with Gasteiger partial charge in [0.25, 0.3) is 0 Å². The summed E-state index contributed by atoms with van der Waals surface area (Å²) in [6.45, 7) is 7.30. The monoisotopic (exact) mass is 651 g/mol. The van der Waals surface area contributed by atoms with E-state index in [1.165, 1.54) is 6.42 Å². The van der Waals surface area contributed by atoms with Gasteiger partial charge in [-0.2, -0.15) is 0 Å². The predicted molar refractivity (Wildman–Crippen MR) is 184 cm³/mol. The molecule has 47 heavy (non-hydrogen) atoms. The van der Waals surface area contributed by atoms with E-state index in [0.29, 0.717) is 12.6 Å². The van der Waals surface area contributed by atoms with Gasteiger partial charge in [-0.25, -0.2) is 19.7 Å². The molecule has 1 amide bonds. The number of hydrogen-bond acceptors (Lipinski definition) is 8. The first-order valence-corrected chi connectivity index (χ1v) is 17.6. The van der Waals surface area contributed by atoms with Crippen LogP contribution >= 0.6 is 11.3 Å². The molecule has 8 rings (SSSR count). The minimum Gasteiger partial charge on any atom is -0.492 e. The van der Waals surface area contributed by atoms with Crippen molar-refractivity contribution >= 4 is 28.5 Å². The zero-order valence-electron chi connectivity index (χ0n) is 27.2. The maximum atomic E-state index is 12.9. The zero-order chi connectivity index (χ0) is 32.2. The van der Waals surface area contributed by atoms with Gasteiger partial charge in [0.2, 0.25) is 0 Å². The van der Waals surface area contributed by atoms with Crippen LogP contribution in [0, 0.1) is 0 Å². The number of hydrogen-bond donors (Lipinski definition) is 4. The first-order valence-electron chi connectivity index (χ1n) is 16.8. The molecule has 4 N–H and O–H groups in total. The largest absolute Gasteiger partial charge is 0.492 e. The first-order chi connectivity index (χ1) is 22.7. The van der Waals surface area contributed by atoms with Crippen LogP contribution in [-0.4, -0.2) is 49.8 Å². The minimum absolute atomic E-state index is 0.302. The highest BCUT2D eigenvalue weighted by Crippen LogP contribution is 2.41. The molecule has 5 heterocycles. The van der Waals surface area contributed by atoms with E-state index >= 15 is 0 Å². The molecule has 0 spiro atoms. The first kappa shape index (κ1) is 30.1. The number of carbonyl (C=O) groups is 1. The number of nitrogens with one attached hydrogen (secondary N) is 4. The molecule has 1 aliphatic carbocycles. The Morgan fingerprint density at radius 3 is 2.70 bits per heavy atom. The SMILES string of the molecule is CC(C)(C)OC(=O)NC1(c2nc3ccc(-c4ncc(-c5ccc6c(c5)OCCc5[nH]c(C7CCCN7)nc5-6)s4)cc3[nH]2)CCCCC1. The summed E-state index contributed by atoms with van der Waals surface area (Å²) in [5, 5.41) is 7.68. The van der Waals surface area contributed by atoms with Gasteiger partial charge in [0.1, 0.15) is 33.5 Å². The third-order valence-electron chi connectivity index (χ3n) is 9.45. The molecule has 1 saturated carbocycles. The van der Waals surface area contributed by atoms with E-state index in [4.69, 9.17) is 24.4 Å². The lowest BCUT2D eigenvalue weighted by molar-refractivity contribution is 0.0412. The van der Waals surface area contributed by atoms with Gasteiger partial charge in [0, 0.05) is 29.4 Å². The number of alkyl carbamates (subject to hydrolysis) is 1. The molecular formula is C36H41N7O3S. The van der Waals surface area contributed by atoms with E-state index in [1.807, 2.05) is 33.0 Å². The molecule has 11 heteroatoms. The number of H-pyrrole nitrogens is 2. The third-order valence-corrected chi connectivity index (χ3v) is 10.5. The highest BCUT2D eigenvalue weighted by molar-refractivity contribution is 7.18. The molecule has 3 aromatic heterocycles. The summed E-state index contributed by atoms with van der Waals surface area (Å²) in [5.41, 5.74) is 5.91. The molecule has 0 bridgehead atoms. The van der Waals surface area contributed by atoms with Crippen LogP contribution in [0.3, 0.4) is 0 Å². The maximum absolute atomic E-state index is 12.9. The summed E-state index contributed by atoms with van der Waals surface area (Å²) in [7, 11) is 0. The van der Waals surface area contributed by atoms with E-state index in [-0.39, 0.29) is 0 Å². The van der Waals surface area contributed by atoms with Crippen molar-refractivity contribution in [2.45, 2.75) is 89.3 Å². The number of thiazole rings is 1. The van der Waals surface area contributed by atoms with Crippen molar-refractivity contribution < 1.29 is 14.3 Å². The summed E-state index contributed by atoms with van der Waals surface area (Å²) in [6.07, 6.45) is 9.46. The number of fused-ring (bicyclic) bond motifs is 4. The molecule has 1 unspecified atom stereocenters. The fourth-order valence-corrected chi connectivity index (χ4v) is 8.06. The zero-order valence-corrected chi connectivity index (χ0v) is 28.0. The second-order valence-corrected chi connectivity index (χ2v) is 15.1. The quantitative estimate of drug-likeness (QED) is 0.153. The van der Waals surface area contributed by atoms with Crippen LogP contribution in [0.2, 0.25) is 0 Å². The fourth-order valence-electron chi connectivity index (χ4n) is 7.16. The Kier molecular flexibility index (Phi) is 7.56. The molecular weight excluding hydrogens is 611 g/mol. The summed E-state index contributed by atoms with van der Waals surface area (Å²) in [5.74, 6) is 2.68. The van der Waals surface area contributed by atoms with Gasteiger partial charge in [0.15, 0.2) is 0 Å². The number of ether oxygens (including phenoxy) is 2.